The molecule has 2 nitrogen and oxygen atoms in total. The van der Waals surface area contributed by atoms with Gasteiger partial charge in [0.05, 0.1) is 11.4 Å². The van der Waals surface area contributed by atoms with E-state index in [0.29, 0.717) is 0 Å². The fourth-order valence-electron chi connectivity index (χ4n) is 2.42. The number of hydrogen-bond acceptors (Lipinski definition) is 1. The Labute approximate surface area is 135 Å². The third kappa shape index (κ3) is 3.29. The summed E-state index contributed by atoms with van der Waals surface area (Å²) in [5, 5.41) is 5.28. The van der Waals surface area contributed by atoms with Crippen LogP contribution in [0.5, 0.6) is 0 Å². The van der Waals surface area contributed by atoms with Crippen LogP contribution in [0.25, 0.3) is 17.8 Å². The van der Waals surface area contributed by atoms with E-state index in [4.69, 9.17) is 11.6 Å². The number of aryl methyl sites for hydroxylation is 2. The Hall–Kier alpha value is -2.32. The first-order valence-corrected chi connectivity index (χ1v) is 7.57. The first-order chi connectivity index (χ1) is 10.6. The number of aromatic nitrogens is 2. The van der Waals surface area contributed by atoms with Gasteiger partial charge in [0.25, 0.3) is 0 Å². The maximum absolute atomic E-state index is 5.90. The average molecular weight is 309 g/mol. The first kappa shape index (κ1) is 14.6. The Morgan fingerprint density at radius 2 is 1.64 bits per heavy atom. The summed E-state index contributed by atoms with van der Waals surface area (Å²) in [7, 11) is 0. The quantitative estimate of drug-likeness (QED) is 0.599. The first-order valence-electron chi connectivity index (χ1n) is 7.19. The van der Waals surface area contributed by atoms with E-state index in [-0.39, 0.29) is 0 Å². The van der Waals surface area contributed by atoms with Gasteiger partial charge in [0.15, 0.2) is 0 Å². The van der Waals surface area contributed by atoms with Crippen LogP contribution in [-0.4, -0.2) is 9.78 Å². The molecule has 0 aliphatic heterocycles. The molecule has 0 amide bonds. The van der Waals surface area contributed by atoms with Gasteiger partial charge in [-0.2, -0.15) is 5.10 Å². The molecular formula is C19H17ClN2. The minimum atomic E-state index is 0.753. The van der Waals surface area contributed by atoms with Crippen molar-refractivity contribution in [2.45, 2.75) is 13.8 Å². The number of nitrogens with zero attached hydrogens (tertiary/aromatic N) is 2. The van der Waals surface area contributed by atoms with E-state index in [1.807, 2.05) is 41.9 Å². The van der Waals surface area contributed by atoms with Crippen LogP contribution in [-0.2, 0) is 0 Å². The van der Waals surface area contributed by atoms with E-state index in [2.05, 4.69) is 48.4 Å². The highest BCUT2D eigenvalue weighted by Crippen LogP contribution is 2.16. The highest BCUT2D eigenvalue weighted by Gasteiger charge is 2.03. The molecule has 2 aromatic carbocycles. The van der Waals surface area contributed by atoms with Gasteiger partial charge in [-0.05, 0) is 55.3 Å². The van der Waals surface area contributed by atoms with Crippen LogP contribution >= 0.6 is 11.6 Å². The van der Waals surface area contributed by atoms with Crippen molar-refractivity contribution >= 4 is 23.8 Å². The van der Waals surface area contributed by atoms with Crippen molar-refractivity contribution in [1.82, 2.24) is 9.78 Å². The molecule has 0 radical (unpaired) electrons. The molecule has 0 aliphatic rings. The molecule has 0 N–H and O–H groups in total. The van der Waals surface area contributed by atoms with Crippen LogP contribution in [0.15, 0.2) is 54.6 Å². The zero-order valence-electron chi connectivity index (χ0n) is 12.6. The van der Waals surface area contributed by atoms with Gasteiger partial charge < -0.3 is 0 Å². The normalized spacial score (nSPS) is 11.2. The SMILES string of the molecule is Cc1cc(C)n(-c2cccc(/C=C/c3ccc(Cl)cc3)c2)n1. The minimum Gasteiger partial charge on any atom is -0.238 e. The fraction of sp³-hybridized carbons (Fsp3) is 0.105. The Morgan fingerprint density at radius 3 is 2.32 bits per heavy atom. The molecule has 110 valence electrons. The van der Waals surface area contributed by atoms with Gasteiger partial charge in [0.2, 0.25) is 0 Å². The molecule has 0 spiro atoms. The van der Waals surface area contributed by atoms with Crippen LogP contribution in [0, 0.1) is 13.8 Å². The van der Waals surface area contributed by atoms with Gasteiger partial charge in [-0.25, -0.2) is 4.68 Å². The largest absolute Gasteiger partial charge is 0.238 e. The fourth-order valence-corrected chi connectivity index (χ4v) is 2.54. The molecule has 0 unspecified atom stereocenters. The van der Waals surface area contributed by atoms with Crippen molar-refractivity contribution in [2.75, 3.05) is 0 Å². The van der Waals surface area contributed by atoms with E-state index >= 15 is 0 Å². The minimum absolute atomic E-state index is 0.753. The van der Waals surface area contributed by atoms with Crippen molar-refractivity contribution < 1.29 is 0 Å². The van der Waals surface area contributed by atoms with E-state index in [0.717, 1.165) is 33.2 Å². The number of benzene rings is 2. The van der Waals surface area contributed by atoms with E-state index in [1.54, 1.807) is 0 Å². The summed E-state index contributed by atoms with van der Waals surface area (Å²) in [6.45, 7) is 4.07. The number of rotatable bonds is 3. The van der Waals surface area contributed by atoms with Gasteiger partial charge in [0, 0.05) is 10.7 Å². The van der Waals surface area contributed by atoms with E-state index in [9.17, 15) is 0 Å². The van der Waals surface area contributed by atoms with E-state index in [1.165, 1.54) is 0 Å². The third-order valence-electron chi connectivity index (χ3n) is 3.46. The van der Waals surface area contributed by atoms with Crippen LogP contribution in [0.2, 0.25) is 5.02 Å². The number of halogens is 1. The molecule has 0 aliphatic carbocycles. The lowest BCUT2D eigenvalue weighted by molar-refractivity contribution is 0.833. The maximum atomic E-state index is 5.90. The molecule has 22 heavy (non-hydrogen) atoms. The van der Waals surface area contributed by atoms with Crippen molar-refractivity contribution in [3.05, 3.63) is 82.1 Å². The Morgan fingerprint density at radius 1 is 0.909 bits per heavy atom. The predicted octanol–water partition coefficient (Wildman–Crippen LogP) is 5.31. The molecule has 1 aromatic heterocycles. The highest BCUT2D eigenvalue weighted by molar-refractivity contribution is 6.30. The average Bonchev–Trinajstić information content (AvgIpc) is 2.86. The Bertz CT molecular complexity index is 814. The molecule has 0 fully saturated rings. The van der Waals surface area contributed by atoms with Crippen molar-refractivity contribution in [1.29, 1.82) is 0 Å². The van der Waals surface area contributed by atoms with Crippen molar-refractivity contribution in [3.8, 4) is 5.69 Å². The lowest BCUT2D eigenvalue weighted by Crippen LogP contribution is -1.98. The lowest BCUT2D eigenvalue weighted by Gasteiger charge is -2.05. The summed E-state index contributed by atoms with van der Waals surface area (Å²) in [4.78, 5) is 0. The van der Waals surface area contributed by atoms with Crippen LogP contribution in [0.3, 0.4) is 0 Å². The zero-order valence-corrected chi connectivity index (χ0v) is 13.4. The van der Waals surface area contributed by atoms with Crippen LogP contribution < -0.4 is 0 Å². The summed E-state index contributed by atoms with van der Waals surface area (Å²) < 4.78 is 1.97. The van der Waals surface area contributed by atoms with Crippen molar-refractivity contribution in [2.24, 2.45) is 0 Å². The van der Waals surface area contributed by atoms with Gasteiger partial charge >= 0.3 is 0 Å². The Kier molecular flexibility index (Phi) is 4.12. The van der Waals surface area contributed by atoms with Crippen molar-refractivity contribution in [3.63, 3.8) is 0 Å². The molecule has 0 atom stereocenters. The van der Waals surface area contributed by atoms with Crippen LogP contribution in [0.4, 0.5) is 0 Å². The standard InChI is InChI=1S/C19H17ClN2/c1-14-12-15(2)22(21-14)19-5-3-4-17(13-19)7-6-16-8-10-18(20)11-9-16/h3-13H,1-2H3/b7-6+. The second kappa shape index (κ2) is 6.20. The summed E-state index contributed by atoms with van der Waals surface area (Å²) in [5.74, 6) is 0. The highest BCUT2D eigenvalue weighted by atomic mass is 35.5. The van der Waals surface area contributed by atoms with Gasteiger partial charge in [-0.1, -0.05) is 48.0 Å². The predicted molar refractivity (Wildman–Crippen MR) is 93.4 cm³/mol. The van der Waals surface area contributed by atoms with Gasteiger partial charge in [-0.15, -0.1) is 0 Å². The summed E-state index contributed by atoms with van der Waals surface area (Å²) in [5.41, 5.74) is 5.50. The second-order valence-corrected chi connectivity index (χ2v) is 5.76. The molecular weight excluding hydrogens is 292 g/mol. The van der Waals surface area contributed by atoms with Crippen LogP contribution in [0.1, 0.15) is 22.5 Å². The molecule has 3 rings (SSSR count). The topological polar surface area (TPSA) is 17.8 Å². The second-order valence-electron chi connectivity index (χ2n) is 5.32. The maximum Gasteiger partial charge on any atom is 0.0654 e. The molecule has 0 saturated heterocycles. The molecule has 3 aromatic rings. The van der Waals surface area contributed by atoms with Gasteiger partial charge in [0.1, 0.15) is 0 Å². The summed E-state index contributed by atoms with van der Waals surface area (Å²) in [6.07, 6.45) is 4.18. The molecule has 3 heteroatoms. The Balaban J connectivity index is 1.88. The van der Waals surface area contributed by atoms with E-state index < -0.39 is 0 Å². The smallest absolute Gasteiger partial charge is 0.0654 e. The zero-order chi connectivity index (χ0) is 15.5. The molecule has 0 saturated carbocycles. The third-order valence-corrected chi connectivity index (χ3v) is 3.71. The summed E-state index contributed by atoms with van der Waals surface area (Å²) in [6, 6.07) is 18.2. The summed E-state index contributed by atoms with van der Waals surface area (Å²) >= 11 is 5.90. The monoisotopic (exact) mass is 308 g/mol. The van der Waals surface area contributed by atoms with Gasteiger partial charge in [-0.3, -0.25) is 0 Å². The molecule has 0 bridgehead atoms. The number of hydrogen-bond donors (Lipinski definition) is 0. The molecule has 1 heterocycles. The lowest BCUT2D eigenvalue weighted by atomic mass is 10.1.